The lowest BCUT2D eigenvalue weighted by Crippen LogP contribution is -2.19. The third kappa shape index (κ3) is 3.15. The number of hydrogen-bond acceptors (Lipinski definition) is 3. The summed E-state index contributed by atoms with van der Waals surface area (Å²) in [5.74, 6) is 0. The Bertz CT molecular complexity index is 816. The number of nitrogens with zero attached hydrogens (tertiary/aromatic N) is 1. The number of benzene rings is 2. The molecule has 0 aliphatic heterocycles. The molecule has 0 bridgehead atoms. The predicted molar refractivity (Wildman–Crippen MR) is 88.5 cm³/mol. The summed E-state index contributed by atoms with van der Waals surface area (Å²) < 4.78 is 1.04. The van der Waals surface area contributed by atoms with Crippen LogP contribution in [0.25, 0.3) is 10.2 Å². The molecule has 4 nitrogen and oxygen atoms in total. The summed E-state index contributed by atoms with van der Waals surface area (Å²) in [5.41, 5.74) is 2.23. The van der Waals surface area contributed by atoms with Crippen molar-refractivity contribution in [1.82, 2.24) is 4.98 Å². The van der Waals surface area contributed by atoms with Crippen LogP contribution in [0.4, 0.5) is 16.2 Å². The molecule has 3 rings (SSSR count). The first kappa shape index (κ1) is 13.9. The largest absolute Gasteiger partial charge is 0.323 e. The molecule has 3 aromatic rings. The van der Waals surface area contributed by atoms with Crippen molar-refractivity contribution >= 4 is 50.6 Å². The number of amides is 2. The van der Waals surface area contributed by atoms with Gasteiger partial charge in [0.15, 0.2) is 0 Å². The quantitative estimate of drug-likeness (QED) is 0.706. The Morgan fingerprint density at radius 2 is 2.00 bits per heavy atom. The maximum absolute atomic E-state index is 12.0. The predicted octanol–water partition coefficient (Wildman–Crippen LogP) is 4.90. The zero-order valence-electron chi connectivity index (χ0n) is 11.2. The molecule has 1 aromatic heterocycles. The van der Waals surface area contributed by atoms with E-state index in [9.17, 15) is 4.79 Å². The number of carbonyl (C=O) groups excluding carboxylic acids is 1. The van der Waals surface area contributed by atoms with Crippen molar-refractivity contribution in [1.29, 1.82) is 0 Å². The van der Waals surface area contributed by atoms with Crippen molar-refractivity contribution in [2.45, 2.75) is 6.92 Å². The number of urea groups is 1. The number of carbonyl (C=O) groups is 1. The molecule has 106 valence electrons. The lowest BCUT2D eigenvalue weighted by molar-refractivity contribution is 0.262. The highest BCUT2D eigenvalue weighted by Crippen LogP contribution is 2.25. The monoisotopic (exact) mass is 317 g/mol. The maximum atomic E-state index is 12.0. The van der Waals surface area contributed by atoms with E-state index in [1.807, 2.05) is 37.3 Å². The number of aromatic nitrogens is 1. The minimum Gasteiger partial charge on any atom is -0.308 e. The summed E-state index contributed by atoms with van der Waals surface area (Å²) in [6, 6.07) is 12.4. The molecule has 0 aliphatic rings. The molecule has 0 fully saturated rings. The van der Waals surface area contributed by atoms with E-state index in [1.165, 1.54) is 0 Å². The Hall–Kier alpha value is -2.11. The van der Waals surface area contributed by atoms with E-state index < -0.39 is 0 Å². The molecule has 0 aliphatic carbocycles. The summed E-state index contributed by atoms with van der Waals surface area (Å²) >= 11 is 7.60. The first-order valence-electron chi connectivity index (χ1n) is 6.31. The average molecular weight is 318 g/mol. The van der Waals surface area contributed by atoms with E-state index in [-0.39, 0.29) is 6.03 Å². The lowest BCUT2D eigenvalue weighted by Gasteiger charge is -2.08. The molecule has 6 heteroatoms. The maximum Gasteiger partial charge on any atom is 0.323 e. The van der Waals surface area contributed by atoms with Gasteiger partial charge in [-0.3, -0.25) is 0 Å². The zero-order valence-corrected chi connectivity index (χ0v) is 12.8. The van der Waals surface area contributed by atoms with Gasteiger partial charge < -0.3 is 10.6 Å². The number of thiazole rings is 1. The number of rotatable bonds is 2. The third-order valence-electron chi connectivity index (χ3n) is 2.88. The van der Waals surface area contributed by atoms with Gasteiger partial charge in [0.05, 0.1) is 25.9 Å². The third-order valence-corrected chi connectivity index (χ3v) is 4.14. The van der Waals surface area contributed by atoms with E-state index in [1.54, 1.807) is 23.5 Å². The van der Waals surface area contributed by atoms with Gasteiger partial charge in [-0.15, -0.1) is 11.3 Å². The van der Waals surface area contributed by atoms with Gasteiger partial charge in [0, 0.05) is 5.69 Å². The second kappa shape index (κ2) is 5.71. The molecule has 0 atom stereocenters. The van der Waals surface area contributed by atoms with E-state index >= 15 is 0 Å². The van der Waals surface area contributed by atoms with Crippen molar-refractivity contribution < 1.29 is 4.79 Å². The normalized spacial score (nSPS) is 10.6. The van der Waals surface area contributed by atoms with Gasteiger partial charge in [0.1, 0.15) is 0 Å². The van der Waals surface area contributed by atoms with Gasteiger partial charge in [-0.25, -0.2) is 9.78 Å². The van der Waals surface area contributed by atoms with Gasteiger partial charge in [-0.1, -0.05) is 23.7 Å². The molecule has 0 spiro atoms. The topological polar surface area (TPSA) is 54.0 Å². The SMILES string of the molecule is Cc1nc2ccc(NC(=O)Nc3ccccc3Cl)cc2s1. The van der Waals surface area contributed by atoms with Gasteiger partial charge >= 0.3 is 6.03 Å². The van der Waals surface area contributed by atoms with Crippen LogP contribution in [0.2, 0.25) is 5.02 Å². The van der Waals surface area contributed by atoms with E-state index in [4.69, 9.17) is 11.6 Å². The van der Waals surface area contributed by atoms with Crippen LogP contribution in [0.1, 0.15) is 5.01 Å². The van der Waals surface area contributed by atoms with Crippen molar-refractivity contribution in [3.8, 4) is 0 Å². The molecular formula is C15H12ClN3OS. The fourth-order valence-electron chi connectivity index (χ4n) is 1.96. The molecule has 2 aromatic carbocycles. The van der Waals surface area contributed by atoms with Gasteiger partial charge in [-0.2, -0.15) is 0 Å². The first-order chi connectivity index (χ1) is 10.1. The fraction of sp³-hybridized carbons (Fsp3) is 0.0667. The molecule has 21 heavy (non-hydrogen) atoms. The van der Waals surface area contributed by atoms with Crippen LogP contribution < -0.4 is 10.6 Å². The Balaban J connectivity index is 1.75. The highest BCUT2D eigenvalue weighted by atomic mass is 35.5. The summed E-state index contributed by atoms with van der Waals surface area (Å²) in [5, 5.41) is 7.01. The van der Waals surface area contributed by atoms with E-state index in [0.29, 0.717) is 10.7 Å². The minimum absolute atomic E-state index is 0.330. The van der Waals surface area contributed by atoms with Crippen LogP contribution in [-0.2, 0) is 0 Å². The molecule has 0 saturated heterocycles. The average Bonchev–Trinajstić information content (AvgIpc) is 2.80. The van der Waals surface area contributed by atoms with Gasteiger partial charge in [-0.05, 0) is 37.3 Å². The Morgan fingerprint density at radius 3 is 2.81 bits per heavy atom. The van der Waals surface area contributed by atoms with Crippen LogP contribution in [0, 0.1) is 6.92 Å². The van der Waals surface area contributed by atoms with Crippen LogP contribution >= 0.6 is 22.9 Å². The Labute approximate surface area is 130 Å². The molecule has 0 unspecified atom stereocenters. The summed E-state index contributed by atoms with van der Waals surface area (Å²) in [4.78, 5) is 16.4. The summed E-state index contributed by atoms with van der Waals surface area (Å²) in [6.07, 6.45) is 0. The Morgan fingerprint density at radius 1 is 1.19 bits per heavy atom. The molecule has 2 N–H and O–H groups in total. The summed E-state index contributed by atoms with van der Waals surface area (Å²) in [6.45, 7) is 1.96. The number of aryl methyl sites for hydroxylation is 1. The van der Waals surface area contributed by atoms with Gasteiger partial charge in [0.2, 0.25) is 0 Å². The number of nitrogens with one attached hydrogen (secondary N) is 2. The van der Waals surface area contributed by atoms with Crippen LogP contribution in [0.3, 0.4) is 0 Å². The van der Waals surface area contributed by atoms with Gasteiger partial charge in [0.25, 0.3) is 0 Å². The molecule has 2 amide bonds. The number of halogens is 1. The molecule has 0 radical (unpaired) electrons. The Kier molecular flexibility index (Phi) is 3.77. The van der Waals surface area contributed by atoms with Crippen LogP contribution in [-0.4, -0.2) is 11.0 Å². The summed E-state index contributed by atoms with van der Waals surface area (Å²) in [7, 11) is 0. The molecular weight excluding hydrogens is 306 g/mol. The molecule has 1 heterocycles. The van der Waals surface area contributed by atoms with Crippen LogP contribution in [0.5, 0.6) is 0 Å². The van der Waals surface area contributed by atoms with E-state index in [0.717, 1.165) is 20.9 Å². The first-order valence-corrected chi connectivity index (χ1v) is 7.51. The molecule has 0 saturated carbocycles. The zero-order chi connectivity index (χ0) is 14.8. The fourth-order valence-corrected chi connectivity index (χ4v) is 3.01. The minimum atomic E-state index is -0.330. The van der Waals surface area contributed by atoms with Crippen molar-refractivity contribution in [2.24, 2.45) is 0 Å². The number of hydrogen-bond donors (Lipinski definition) is 2. The van der Waals surface area contributed by atoms with E-state index in [2.05, 4.69) is 15.6 Å². The highest BCUT2D eigenvalue weighted by Gasteiger charge is 2.07. The van der Waals surface area contributed by atoms with Crippen molar-refractivity contribution in [3.63, 3.8) is 0 Å². The number of para-hydroxylation sites is 1. The highest BCUT2D eigenvalue weighted by molar-refractivity contribution is 7.18. The number of fused-ring (bicyclic) bond motifs is 1. The van der Waals surface area contributed by atoms with Crippen molar-refractivity contribution in [2.75, 3.05) is 10.6 Å². The smallest absolute Gasteiger partial charge is 0.308 e. The second-order valence-corrected chi connectivity index (χ2v) is 6.12. The number of anilines is 2. The van der Waals surface area contributed by atoms with Crippen molar-refractivity contribution in [3.05, 3.63) is 52.5 Å². The lowest BCUT2D eigenvalue weighted by atomic mass is 10.3. The second-order valence-electron chi connectivity index (χ2n) is 4.47. The van der Waals surface area contributed by atoms with Crippen LogP contribution in [0.15, 0.2) is 42.5 Å². The standard InChI is InChI=1S/C15H12ClN3OS/c1-9-17-13-7-6-10(8-14(13)21-9)18-15(20)19-12-5-3-2-4-11(12)16/h2-8H,1H3,(H2,18,19,20).